The summed E-state index contributed by atoms with van der Waals surface area (Å²) < 4.78 is 32.1. The summed E-state index contributed by atoms with van der Waals surface area (Å²) in [4.78, 5) is 0.282. The molecule has 0 radical (unpaired) electrons. The first-order valence-corrected chi connectivity index (χ1v) is 11.7. The number of fused-ring (bicyclic) bond motifs is 1. The Labute approximate surface area is 177 Å². The van der Waals surface area contributed by atoms with Gasteiger partial charge in [0.1, 0.15) is 0 Å². The van der Waals surface area contributed by atoms with Gasteiger partial charge in [0.15, 0.2) is 5.11 Å². The Hall–Kier alpha value is -2.00. The van der Waals surface area contributed by atoms with Crippen molar-refractivity contribution in [1.29, 1.82) is 0 Å². The van der Waals surface area contributed by atoms with Crippen LogP contribution in [0.3, 0.4) is 0 Å². The second-order valence-corrected chi connectivity index (χ2v) is 9.63. The van der Waals surface area contributed by atoms with Crippen LogP contribution in [0.5, 0.6) is 0 Å². The molecule has 0 spiro atoms. The van der Waals surface area contributed by atoms with E-state index in [2.05, 4.69) is 34.9 Å². The van der Waals surface area contributed by atoms with Gasteiger partial charge in [0.25, 0.3) is 0 Å². The molecule has 0 bridgehead atoms. The first kappa shape index (κ1) is 20.3. The lowest BCUT2D eigenvalue weighted by atomic mass is 9.88. The first-order valence-electron chi connectivity index (χ1n) is 9.87. The van der Waals surface area contributed by atoms with E-state index < -0.39 is 10.0 Å². The summed E-state index contributed by atoms with van der Waals surface area (Å²) >= 11 is 5.49. The van der Waals surface area contributed by atoms with Crippen molar-refractivity contribution in [1.82, 2.24) is 9.62 Å². The Kier molecular flexibility index (Phi) is 6.15. The van der Waals surface area contributed by atoms with E-state index in [1.54, 1.807) is 24.3 Å². The first-order chi connectivity index (χ1) is 14.0. The standard InChI is InChI=1S/C21H25N3O3S2/c25-29(26,24-12-14-27-15-13-24)18-10-8-17(9-11-18)22-21(28)23-20-7-3-5-16-4-1-2-6-19(16)20/h1-2,4,6,8-11,20H,3,5,7,12-15H2,(H2,22,23,28). The van der Waals surface area contributed by atoms with Gasteiger partial charge in [-0.15, -0.1) is 0 Å². The molecule has 1 unspecified atom stereocenters. The van der Waals surface area contributed by atoms with E-state index in [4.69, 9.17) is 17.0 Å². The molecule has 0 aromatic heterocycles. The summed E-state index contributed by atoms with van der Waals surface area (Å²) in [6.45, 7) is 1.64. The number of nitrogens with one attached hydrogen (secondary N) is 2. The van der Waals surface area contributed by atoms with Crippen LogP contribution in [0.1, 0.15) is 30.0 Å². The second kappa shape index (κ2) is 8.79. The average molecular weight is 432 g/mol. The lowest BCUT2D eigenvalue weighted by molar-refractivity contribution is 0.0730. The number of benzene rings is 2. The summed E-state index contributed by atoms with van der Waals surface area (Å²) in [5, 5.41) is 7.11. The molecule has 6 nitrogen and oxygen atoms in total. The molecule has 1 atom stereocenters. The monoisotopic (exact) mass is 431 g/mol. The van der Waals surface area contributed by atoms with Gasteiger partial charge in [-0.25, -0.2) is 8.42 Å². The second-order valence-electron chi connectivity index (χ2n) is 7.28. The van der Waals surface area contributed by atoms with E-state index in [-0.39, 0.29) is 10.9 Å². The summed E-state index contributed by atoms with van der Waals surface area (Å²) in [5.74, 6) is 0. The maximum absolute atomic E-state index is 12.7. The Balaban J connectivity index is 1.40. The van der Waals surface area contributed by atoms with Gasteiger partial charge in [0, 0.05) is 18.8 Å². The number of rotatable bonds is 4. The number of ether oxygens (including phenoxy) is 1. The topological polar surface area (TPSA) is 70.7 Å². The SMILES string of the molecule is O=S(=O)(c1ccc(NC(=S)NC2CCCc3ccccc32)cc1)N1CCOCC1. The maximum Gasteiger partial charge on any atom is 0.243 e. The van der Waals surface area contributed by atoms with Gasteiger partial charge in [-0.05, 0) is 66.9 Å². The molecule has 2 aromatic rings. The van der Waals surface area contributed by atoms with Crippen LogP contribution in [0, 0.1) is 0 Å². The fraction of sp³-hybridized carbons (Fsp3) is 0.381. The van der Waals surface area contributed by atoms with Crippen LogP contribution in [0.15, 0.2) is 53.4 Å². The lowest BCUT2D eigenvalue weighted by Crippen LogP contribution is -2.40. The predicted octanol–water partition coefficient (Wildman–Crippen LogP) is 3.07. The van der Waals surface area contributed by atoms with Crippen molar-refractivity contribution in [2.45, 2.75) is 30.2 Å². The highest BCUT2D eigenvalue weighted by atomic mass is 32.2. The van der Waals surface area contributed by atoms with Crippen LogP contribution in [0.25, 0.3) is 0 Å². The molecule has 2 aliphatic rings. The minimum absolute atomic E-state index is 0.195. The third-order valence-electron chi connectivity index (χ3n) is 5.39. The fourth-order valence-corrected chi connectivity index (χ4v) is 5.54. The number of anilines is 1. The largest absolute Gasteiger partial charge is 0.379 e. The van der Waals surface area contributed by atoms with E-state index in [0.29, 0.717) is 31.4 Å². The number of aryl methyl sites for hydroxylation is 1. The van der Waals surface area contributed by atoms with Crippen molar-refractivity contribution in [2.75, 3.05) is 31.6 Å². The highest BCUT2D eigenvalue weighted by Crippen LogP contribution is 2.29. The molecular weight excluding hydrogens is 406 g/mol. The Morgan fingerprint density at radius 1 is 1.07 bits per heavy atom. The highest BCUT2D eigenvalue weighted by Gasteiger charge is 2.26. The number of hydrogen-bond donors (Lipinski definition) is 2. The zero-order chi connectivity index (χ0) is 20.3. The Bertz CT molecular complexity index is 971. The molecule has 29 heavy (non-hydrogen) atoms. The minimum atomic E-state index is -3.49. The third-order valence-corrected chi connectivity index (χ3v) is 7.53. The molecule has 1 fully saturated rings. The molecule has 8 heteroatoms. The van der Waals surface area contributed by atoms with Crippen LogP contribution < -0.4 is 10.6 Å². The summed E-state index contributed by atoms with van der Waals surface area (Å²) in [5.41, 5.74) is 3.43. The van der Waals surface area contributed by atoms with Gasteiger partial charge in [-0.2, -0.15) is 4.31 Å². The molecule has 2 aromatic carbocycles. The highest BCUT2D eigenvalue weighted by molar-refractivity contribution is 7.89. The maximum atomic E-state index is 12.7. The molecule has 2 N–H and O–H groups in total. The van der Waals surface area contributed by atoms with Gasteiger partial charge >= 0.3 is 0 Å². The van der Waals surface area contributed by atoms with E-state index in [9.17, 15) is 8.42 Å². The van der Waals surface area contributed by atoms with E-state index in [1.807, 2.05) is 0 Å². The van der Waals surface area contributed by atoms with Crippen molar-refractivity contribution in [3.8, 4) is 0 Å². The predicted molar refractivity (Wildman–Crippen MR) is 117 cm³/mol. The van der Waals surface area contributed by atoms with Gasteiger partial charge in [-0.3, -0.25) is 0 Å². The summed E-state index contributed by atoms with van der Waals surface area (Å²) in [6.07, 6.45) is 3.27. The molecule has 0 amide bonds. The number of nitrogens with zero attached hydrogens (tertiary/aromatic N) is 1. The zero-order valence-electron chi connectivity index (χ0n) is 16.1. The lowest BCUT2D eigenvalue weighted by Gasteiger charge is -2.27. The number of thiocarbonyl (C=S) groups is 1. The number of sulfonamides is 1. The number of hydrogen-bond acceptors (Lipinski definition) is 4. The molecule has 1 saturated heterocycles. The van der Waals surface area contributed by atoms with Gasteiger partial charge in [-0.1, -0.05) is 24.3 Å². The van der Waals surface area contributed by atoms with E-state index in [0.717, 1.165) is 24.9 Å². The van der Waals surface area contributed by atoms with Crippen molar-refractivity contribution in [3.63, 3.8) is 0 Å². The average Bonchev–Trinajstić information content (AvgIpc) is 2.75. The van der Waals surface area contributed by atoms with Crippen LogP contribution in [0.4, 0.5) is 5.69 Å². The van der Waals surface area contributed by atoms with E-state index >= 15 is 0 Å². The molecule has 0 saturated carbocycles. The van der Waals surface area contributed by atoms with Crippen LogP contribution in [-0.4, -0.2) is 44.1 Å². The Morgan fingerprint density at radius 2 is 1.79 bits per heavy atom. The molecule has 1 aliphatic heterocycles. The molecular formula is C21H25N3O3S2. The van der Waals surface area contributed by atoms with Gasteiger partial charge in [0.05, 0.1) is 24.2 Å². The fourth-order valence-electron chi connectivity index (χ4n) is 3.88. The smallest absolute Gasteiger partial charge is 0.243 e. The zero-order valence-corrected chi connectivity index (χ0v) is 17.8. The van der Waals surface area contributed by atoms with Crippen LogP contribution in [0.2, 0.25) is 0 Å². The summed E-state index contributed by atoms with van der Waals surface area (Å²) in [7, 11) is -3.49. The molecule has 1 heterocycles. The minimum Gasteiger partial charge on any atom is -0.379 e. The molecule has 1 aliphatic carbocycles. The summed E-state index contributed by atoms with van der Waals surface area (Å²) in [6, 6.07) is 15.4. The van der Waals surface area contributed by atoms with Crippen molar-refractivity contribution >= 4 is 33.0 Å². The van der Waals surface area contributed by atoms with E-state index in [1.165, 1.54) is 15.4 Å². The van der Waals surface area contributed by atoms with Crippen LogP contribution in [-0.2, 0) is 21.2 Å². The van der Waals surface area contributed by atoms with Gasteiger partial charge in [0.2, 0.25) is 10.0 Å². The number of morpholine rings is 1. The van der Waals surface area contributed by atoms with Crippen molar-refractivity contribution in [3.05, 3.63) is 59.7 Å². The van der Waals surface area contributed by atoms with Crippen molar-refractivity contribution in [2.24, 2.45) is 0 Å². The molecule has 154 valence electrons. The van der Waals surface area contributed by atoms with Gasteiger partial charge < -0.3 is 15.4 Å². The Morgan fingerprint density at radius 3 is 2.55 bits per heavy atom. The quantitative estimate of drug-likeness (QED) is 0.725. The normalized spacial score (nSPS) is 19.9. The molecule has 4 rings (SSSR count). The van der Waals surface area contributed by atoms with Crippen LogP contribution >= 0.6 is 12.2 Å². The van der Waals surface area contributed by atoms with Crippen molar-refractivity contribution < 1.29 is 13.2 Å². The third kappa shape index (κ3) is 4.61.